The molecule has 206 valence electrons. The van der Waals surface area contributed by atoms with E-state index >= 15 is 0 Å². The minimum Gasteiger partial charge on any atom is -0.491 e. The number of nitrogens with zero attached hydrogens (tertiary/aromatic N) is 2. The lowest BCUT2D eigenvalue weighted by Gasteiger charge is -2.34. The Balaban J connectivity index is 1.58. The van der Waals surface area contributed by atoms with Crippen LogP contribution in [0.15, 0.2) is 54.6 Å². The van der Waals surface area contributed by atoms with Gasteiger partial charge in [-0.05, 0) is 49.3 Å². The van der Waals surface area contributed by atoms with E-state index < -0.39 is 0 Å². The fourth-order valence-electron chi connectivity index (χ4n) is 5.49. The van der Waals surface area contributed by atoms with Gasteiger partial charge in [-0.1, -0.05) is 74.6 Å². The van der Waals surface area contributed by atoms with Crippen LogP contribution in [0.3, 0.4) is 0 Å². The summed E-state index contributed by atoms with van der Waals surface area (Å²) in [5.74, 6) is 1.50. The van der Waals surface area contributed by atoms with Crippen molar-refractivity contribution in [3.8, 4) is 5.75 Å². The van der Waals surface area contributed by atoms with Crippen molar-refractivity contribution in [3.63, 3.8) is 0 Å². The van der Waals surface area contributed by atoms with Gasteiger partial charge in [-0.25, -0.2) is 0 Å². The summed E-state index contributed by atoms with van der Waals surface area (Å²) in [5, 5.41) is 0. The highest BCUT2D eigenvalue weighted by molar-refractivity contribution is 5.97. The topological polar surface area (TPSA) is 59.1 Å². The van der Waals surface area contributed by atoms with Crippen molar-refractivity contribution < 1.29 is 19.1 Å². The second kappa shape index (κ2) is 14.9. The van der Waals surface area contributed by atoms with Crippen molar-refractivity contribution in [1.29, 1.82) is 0 Å². The van der Waals surface area contributed by atoms with Crippen LogP contribution in [0.2, 0.25) is 0 Å². The molecule has 6 heteroatoms. The zero-order chi connectivity index (χ0) is 26.6. The first-order valence-electron chi connectivity index (χ1n) is 14.5. The summed E-state index contributed by atoms with van der Waals surface area (Å²) in [6.45, 7) is 2.86. The van der Waals surface area contributed by atoms with Gasteiger partial charge >= 0.3 is 0 Å². The summed E-state index contributed by atoms with van der Waals surface area (Å²) in [4.78, 5) is 31.2. The molecule has 0 spiro atoms. The fourth-order valence-corrected chi connectivity index (χ4v) is 5.49. The number of hydrogen-bond donors (Lipinski definition) is 0. The summed E-state index contributed by atoms with van der Waals surface area (Å²) in [6.07, 6.45) is 10.1. The lowest BCUT2D eigenvalue weighted by Crippen LogP contribution is -2.46. The summed E-state index contributed by atoms with van der Waals surface area (Å²) in [5.41, 5.74) is 1.76. The Kier molecular flexibility index (Phi) is 11.1. The fraction of sp³-hybridized carbons (Fsp3) is 0.562. The van der Waals surface area contributed by atoms with Gasteiger partial charge in [0.15, 0.2) is 0 Å². The van der Waals surface area contributed by atoms with Crippen LogP contribution in [-0.2, 0) is 16.0 Å². The molecule has 6 nitrogen and oxygen atoms in total. The van der Waals surface area contributed by atoms with Crippen LogP contribution in [-0.4, -0.2) is 67.6 Å². The van der Waals surface area contributed by atoms with Crippen LogP contribution in [0.1, 0.15) is 73.7 Å². The average molecular weight is 521 g/mol. The second-order valence-electron chi connectivity index (χ2n) is 10.8. The summed E-state index contributed by atoms with van der Waals surface area (Å²) in [7, 11) is 1.66. The van der Waals surface area contributed by atoms with E-state index in [0.29, 0.717) is 50.0 Å². The SMILES string of the molecule is COCCN1CCCCCCN(C(=O)CCC2CCC2)[C@@H](Cc2ccccc2)COc2ccccc2C1=O. The molecule has 2 aliphatic rings. The summed E-state index contributed by atoms with van der Waals surface area (Å²) >= 11 is 0. The Labute approximate surface area is 228 Å². The van der Waals surface area contributed by atoms with Gasteiger partial charge in [-0.15, -0.1) is 0 Å². The molecule has 2 aromatic carbocycles. The van der Waals surface area contributed by atoms with Crippen LogP contribution in [0, 0.1) is 5.92 Å². The van der Waals surface area contributed by atoms with E-state index in [-0.39, 0.29) is 17.9 Å². The Morgan fingerprint density at radius 1 is 0.947 bits per heavy atom. The summed E-state index contributed by atoms with van der Waals surface area (Å²) in [6, 6.07) is 17.8. The number of hydrogen-bond acceptors (Lipinski definition) is 4. The van der Waals surface area contributed by atoms with Gasteiger partial charge in [0, 0.05) is 33.2 Å². The number of rotatable bonds is 8. The highest BCUT2D eigenvalue weighted by Crippen LogP contribution is 2.31. The predicted molar refractivity (Wildman–Crippen MR) is 150 cm³/mol. The lowest BCUT2D eigenvalue weighted by atomic mass is 9.82. The van der Waals surface area contributed by atoms with Gasteiger partial charge in [-0.2, -0.15) is 0 Å². The van der Waals surface area contributed by atoms with Crippen molar-refractivity contribution in [1.82, 2.24) is 9.80 Å². The molecule has 1 saturated carbocycles. The number of carbonyl (C=O) groups is 2. The molecule has 1 fully saturated rings. The second-order valence-corrected chi connectivity index (χ2v) is 10.8. The third kappa shape index (κ3) is 8.07. The first-order chi connectivity index (χ1) is 18.7. The molecule has 0 bridgehead atoms. The number of carbonyl (C=O) groups excluding carboxylic acids is 2. The largest absolute Gasteiger partial charge is 0.491 e. The molecule has 1 aliphatic carbocycles. The Morgan fingerprint density at radius 2 is 1.68 bits per heavy atom. The lowest BCUT2D eigenvalue weighted by molar-refractivity contribution is -0.134. The molecule has 1 atom stereocenters. The van der Waals surface area contributed by atoms with Crippen LogP contribution in [0.5, 0.6) is 5.75 Å². The zero-order valence-electron chi connectivity index (χ0n) is 23.0. The number of para-hydroxylation sites is 1. The zero-order valence-corrected chi connectivity index (χ0v) is 23.0. The van der Waals surface area contributed by atoms with E-state index in [1.807, 2.05) is 47.4 Å². The van der Waals surface area contributed by atoms with E-state index in [1.54, 1.807) is 7.11 Å². The van der Waals surface area contributed by atoms with E-state index in [0.717, 1.165) is 45.1 Å². The van der Waals surface area contributed by atoms with Crippen LogP contribution >= 0.6 is 0 Å². The molecule has 2 amide bonds. The molecule has 0 aromatic heterocycles. The maximum Gasteiger partial charge on any atom is 0.257 e. The van der Waals surface area contributed by atoms with Gasteiger partial charge in [0.1, 0.15) is 12.4 Å². The molecule has 1 heterocycles. The maximum atomic E-state index is 13.6. The Bertz CT molecular complexity index is 1010. The van der Waals surface area contributed by atoms with Crippen molar-refractivity contribution in [3.05, 3.63) is 65.7 Å². The number of amides is 2. The van der Waals surface area contributed by atoms with Crippen molar-refractivity contribution in [2.24, 2.45) is 5.92 Å². The van der Waals surface area contributed by atoms with Crippen LogP contribution < -0.4 is 4.74 Å². The van der Waals surface area contributed by atoms with E-state index in [1.165, 1.54) is 24.8 Å². The number of ether oxygens (including phenoxy) is 2. The molecule has 0 unspecified atom stereocenters. The smallest absolute Gasteiger partial charge is 0.257 e. The van der Waals surface area contributed by atoms with Gasteiger partial charge < -0.3 is 19.3 Å². The van der Waals surface area contributed by atoms with E-state index in [9.17, 15) is 9.59 Å². The summed E-state index contributed by atoms with van der Waals surface area (Å²) < 4.78 is 11.7. The van der Waals surface area contributed by atoms with E-state index in [4.69, 9.17) is 9.47 Å². The number of methoxy groups -OCH3 is 1. The van der Waals surface area contributed by atoms with Crippen molar-refractivity contribution in [2.75, 3.05) is 40.0 Å². The first-order valence-corrected chi connectivity index (χ1v) is 14.5. The minimum atomic E-state index is -0.0954. The highest BCUT2D eigenvalue weighted by Gasteiger charge is 2.28. The van der Waals surface area contributed by atoms with Crippen LogP contribution in [0.25, 0.3) is 0 Å². The monoisotopic (exact) mass is 520 g/mol. The molecule has 0 radical (unpaired) electrons. The third-order valence-electron chi connectivity index (χ3n) is 8.04. The maximum absolute atomic E-state index is 13.6. The molecule has 1 aliphatic heterocycles. The number of fused-ring (bicyclic) bond motifs is 1. The van der Waals surface area contributed by atoms with Gasteiger partial charge in [0.05, 0.1) is 18.2 Å². The molecular weight excluding hydrogens is 476 g/mol. The molecule has 2 aromatic rings. The highest BCUT2D eigenvalue weighted by atomic mass is 16.5. The Morgan fingerprint density at radius 3 is 2.42 bits per heavy atom. The third-order valence-corrected chi connectivity index (χ3v) is 8.04. The number of benzene rings is 2. The minimum absolute atomic E-state index is 0.0252. The van der Waals surface area contributed by atoms with Crippen molar-refractivity contribution in [2.45, 2.75) is 70.3 Å². The molecule has 4 rings (SSSR count). The van der Waals surface area contributed by atoms with Crippen molar-refractivity contribution >= 4 is 11.8 Å². The van der Waals surface area contributed by atoms with E-state index in [2.05, 4.69) is 17.0 Å². The molecule has 38 heavy (non-hydrogen) atoms. The van der Waals surface area contributed by atoms with Crippen LogP contribution in [0.4, 0.5) is 0 Å². The molecular formula is C32H44N2O4. The first kappa shape index (κ1) is 28.2. The standard InChI is InChI=1S/C32H44N2O4/c1-37-23-22-33-20-9-2-3-10-21-34(31(35)19-18-26-14-11-15-26)28(24-27-12-5-4-6-13-27)25-38-30-17-8-7-16-29(30)32(33)36/h4-8,12-13,16-17,26,28H,2-3,9-11,14-15,18-25H2,1H3/t28-/m0/s1. The van der Waals surface area contributed by atoms with Gasteiger partial charge in [0.25, 0.3) is 5.91 Å². The normalized spacial score (nSPS) is 19.7. The quantitative estimate of drug-likeness (QED) is 0.445. The van der Waals surface area contributed by atoms with Gasteiger partial charge in [0.2, 0.25) is 5.91 Å². The molecule has 0 N–H and O–H groups in total. The Hall–Kier alpha value is -2.86. The predicted octanol–water partition coefficient (Wildman–Crippen LogP) is 5.75. The average Bonchev–Trinajstić information content (AvgIpc) is 2.91. The van der Waals surface area contributed by atoms with Gasteiger partial charge in [-0.3, -0.25) is 9.59 Å². The molecule has 0 saturated heterocycles.